The first-order valence-corrected chi connectivity index (χ1v) is 5.49. The van der Waals surface area contributed by atoms with Gasteiger partial charge in [0.2, 0.25) is 0 Å². The van der Waals surface area contributed by atoms with Gasteiger partial charge in [-0.05, 0) is 39.5 Å². The molecule has 2 heteroatoms. The third-order valence-electron chi connectivity index (χ3n) is 1.95. The number of rotatable bonds is 4. The number of ether oxygens (including phenoxy) is 1. The summed E-state index contributed by atoms with van der Waals surface area (Å²) < 4.78 is 5.29. The standard InChI is InChI=1S/C13H24O2/c1-7-8-9-13(5,6)10-11(14)15-12(2,3)4/h7-8H,9-10H2,1-6H3. The molecular formula is C13H24O2. The maximum Gasteiger partial charge on any atom is 0.306 e. The molecule has 0 aliphatic heterocycles. The lowest BCUT2D eigenvalue weighted by molar-refractivity contribution is -0.157. The van der Waals surface area contributed by atoms with Gasteiger partial charge < -0.3 is 4.74 Å². The maximum absolute atomic E-state index is 11.6. The van der Waals surface area contributed by atoms with Crippen molar-refractivity contribution in [2.75, 3.05) is 0 Å². The molecule has 0 atom stereocenters. The fourth-order valence-corrected chi connectivity index (χ4v) is 1.28. The van der Waals surface area contributed by atoms with E-state index < -0.39 is 0 Å². The first kappa shape index (κ1) is 14.2. The van der Waals surface area contributed by atoms with E-state index in [-0.39, 0.29) is 17.0 Å². The number of carbonyl (C=O) groups excluding carboxylic acids is 1. The van der Waals surface area contributed by atoms with Crippen LogP contribution in [0.5, 0.6) is 0 Å². The predicted octanol–water partition coefficient (Wildman–Crippen LogP) is 3.71. The second-order valence-electron chi connectivity index (χ2n) is 5.70. The molecule has 2 nitrogen and oxygen atoms in total. The van der Waals surface area contributed by atoms with Gasteiger partial charge in [0.25, 0.3) is 0 Å². The molecule has 0 N–H and O–H groups in total. The van der Waals surface area contributed by atoms with Crippen molar-refractivity contribution in [3.63, 3.8) is 0 Å². The molecule has 0 saturated heterocycles. The SMILES string of the molecule is CC=CCC(C)(C)CC(=O)OC(C)(C)C. The molecule has 15 heavy (non-hydrogen) atoms. The van der Waals surface area contributed by atoms with Crippen LogP contribution in [0.4, 0.5) is 0 Å². The van der Waals surface area contributed by atoms with Gasteiger partial charge in [0.1, 0.15) is 5.60 Å². The Morgan fingerprint density at radius 3 is 2.13 bits per heavy atom. The average Bonchev–Trinajstić information content (AvgIpc) is 1.95. The van der Waals surface area contributed by atoms with Crippen LogP contribution in [0.1, 0.15) is 54.4 Å². The minimum Gasteiger partial charge on any atom is -0.460 e. The highest BCUT2D eigenvalue weighted by Gasteiger charge is 2.24. The molecule has 0 radical (unpaired) electrons. The van der Waals surface area contributed by atoms with Crippen molar-refractivity contribution in [2.24, 2.45) is 5.41 Å². The van der Waals surface area contributed by atoms with Gasteiger partial charge in [0.15, 0.2) is 0 Å². The van der Waals surface area contributed by atoms with Gasteiger partial charge in [-0.25, -0.2) is 0 Å². The third kappa shape index (κ3) is 8.22. The van der Waals surface area contributed by atoms with E-state index in [4.69, 9.17) is 4.74 Å². The molecule has 0 saturated carbocycles. The minimum absolute atomic E-state index is 0.0190. The van der Waals surface area contributed by atoms with Crippen LogP contribution in [0.2, 0.25) is 0 Å². The van der Waals surface area contributed by atoms with Crippen LogP contribution in [0.25, 0.3) is 0 Å². The predicted molar refractivity (Wildman–Crippen MR) is 63.7 cm³/mol. The summed E-state index contributed by atoms with van der Waals surface area (Å²) in [6, 6.07) is 0. The lowest BCUT2D eigenvalue weighted by Gasteiger charge is -2.25. The van der Waals surface area contributed by atoms with E-state index in [0.717, 1.165) is 6.42 Å². The molecule has 0 unspecified atom stereocenters. The Hall–Kier alpha value is -0.790. The molecule has 0 aliphatic carbocycles. The van der Waals surface area contributed by atoms with Crippen LogP contribution < -0.4 is 0 Å². The molecule has 0 rings (SSSR count). The molecule has 0 fully saturated rings. The Bertz CT molecular complexity index is 231. The normalized spacial score (nSPS) is 13.2. The number of esters is 1. The highest BCUT2D eigenvalue weighted by Crippen LogP contribution is 2.27. The highest BCUT2D eigenvalue weighted by atomic mass is 16.6. The number of hydrogen-bond acceptors (Lipinski definition) is 2. The van der Waals surface area contributed by atoms with Gasteiger partial charge in [0, 0.05) is 0 Å². The summed E-state index contributed by atoms with van der Waals surface area (Å²) in [5, 5.41) is 0. The zero-order valence-corrected chi connectivity index (χ0v) is 10.9. The van der Waals surface area contributed by atoms with Crippen LogP contribution in [0.15, 0.2) is 12.2 Å². The van der Waals surface area contributed by atoms with Crippen LogP contribution >= 0.6 is 0 Å². The first-order chi connectivity index (χ1) is 6.66. The third-order valence-corrected chi connectivity index (χ3v) is 1.95. The Morgan fingerprint density at radius 2 is 1.73 bits per heavy atom. The summed E-state index contributed by atoms with van der Waals surface area (Å²) in [5.41, 5.74) is -0.400. The van der Waals surface area contributed by atoms with Crippen LogP contribution in [-0.4, -0.2) is 11.6 Å². The van der Waals surface area contributed by atoms with E-state index in [1.807, 2.05) is 33.8 Å². The van der Waals surface area contributed by atoms with E-state index in [0.29, 0.717) is 6.42 Å². The molecule has 0 aromatic heterocycles. The summed E-state index contributed by atoms with van der Waals surface area (Å²) in [6.07, 6.45) is 5.47. The Kier molecular flexibility index (Phi) is 5.06. The minimum atomic E-state index is -0.381. The molecule has 0 spiro atoms. The second-order valence-corrected chi connectivity index (χ2v) is 5.70. The van der Waals surface area contributed by atoms with Crippen molar-refractivity contribution in [1.29, 1.82) is 0 Å². The fraction of sp³-hybridized carbons (Fsp3) is 0.769. The molecule has 0 amide bonds. The van der Waals surface area contributed by atoms with E-state index in [2.05, 4.69) is 19.9 Å². The molecular weight excluding hydrogens is 188 g/mol. The van der Waals surface area contributed by atoms with Crippen molar-refractivity contribution < 1.29 is 9.53 Å². The zero-order valence-electron chi connectivity index (χ0n) is 10.9. The van der Waals surface area contributed by atoms with E-state index in [1.54, 1.807) is 0 Å². The number of allylic oxidation sites excluding steroid dienone is 2. The largest absolute Gasteiger partial charge is 0.460 e. The Labute approximate surface area is 93.7 Å². The fourth-order valence-electron chi connectivity index (χ4n) is 1.28. The molecule has 0 aliphatic rings. The Morgan fingerprint density at radius 1 is 1.20 bits per heavy atom. The number of carbonyl (C=O) groups is 1. The summed E-state index contributed by atoms with van der Waals surface area (Å²) in [6.45, 7) is 11.8. The lowest BCUT2D eigenvalue weighted by atomic mass is 9.85. The summed E-state index contributed by atoms with van der Waals surface area (Å²) in [4.78, 5) is 11.6. The molecule has 0 heterocycles. The van der Waals surface area contributed by atoms with Crippen molar-refractivity contribution in [2.45, 2.75) is 60.0 Å². The second kappa shape index (κ2) is 5.34. The van der Waals surface area contributed by atoms with Crippen molar-refractivity contribution in [3.8, 4) is 0 Å². The summed E-state index contributed by atoms with van der Waals surface area (Å²) in [7, 11) is 0. The molecule has 88 valence electrons. The highest BCUT2D eigenvalue weighted by molar-refractivity contribution is 5.70. The van der Waals surface area contributed by atoms with Gasteiger partial charge in [-0.15, -0.1) is 0 Å². The van der Waals surface area contributed by atoms with Crippen LogP contribution in [0.3, 0.4) is 0 Å². The lowest BCUT2D eigenvalue weighted by Crippen LogP contribution is -2.27. The van der Waals surface area contributed by atoms with Gasteiger partial charge >= 0.3 is 5.97 Å². The summed E-state index contributed by atoms with van der Waals surface area (Å²) >= 11 is 0. The van der Waals surface area contributed by atoms with Crippen molar-refractivity contribution in [1.82, 2.24) is 0 Å². The van der Waals surface area contributed by atoms with Gasteiger partial charge in [-0.2, -0.15) is 0 Å². The van der Waals surface area contributed by atoms with Gasteiger partial charge in [-0.3, -0.25) is 4.79 Å². The van der Waals surface area contributed by atoms with Gasteiger partial charge in [0.05, 0.1) is 6.42 Å². The zero-order chi connectivity index (χ0) is 12.1. The summed E-state index contributed by atoms with van der Waals surface area (Å²) in [5.74, 6) is -0.114. The topological polar surface area (TPSA) is 26.3 Å². The quantitative estimate of drug-likeness (QED) is 0.524. The monoisotopic (exact) mass is 212 g/mol. The van der Waals surface area contributed by atoms with Crippen LogP contribution in [0, 0.1) is 5.41 Å². The smallest absolute Gasteiger partial charge is 0.306 e. The Balaban J connectivity index is 4.16. The average molecular weight is 212 g/mol. The van der Waals surface area contributed by atoms with E-state index in [9.17, 15) is 4.79 Å². The van der Waals surface area contributed by atoms with Crippen molar-refractivity contribution in [3.05, 3.63) is 12.2 Å². The van der Waals surface area contributed by atoms with Gasteiger partial charge in [-0.1, -0.05) is 26.0 Å². The molecule has 0 aromatic rings. The van der Waals surface area contributed by atoms with Crippen molar-refractivity contribution >= 4 is 5.97 Å². The molecule has 0 bridgehead atoms. The van der Waals surface area contributed by atoms with E-state index >= 15 is 0 Å². The van der Waals surface area contributed by atoms with E-state index in [1.165, 1.54) is 0 Å². The molecule has 0 aromatic carbocycles. The number of hydrogen-bond donors (Lipinski definition) is 0. The van der Waals surface area contributed by atoms with Crippen LogP contribution in [-0.2, 0) is 9.53 Å². The first-order valence-electron chi connectivity index (χ1n) is 5.49. The maximum atomic E-state index is 11.6.